The van der Waals surface area contributed by atoms with Crippen molar-refractivity contribution in [3.05, 3.63) is 23.9 Å². The van der Waals surface area contributed by atoms with E-state index in [1.165, 1.54) is 18.4 Å². The number of anilines is 1. The standard InChI is InChI=1S/C14H24N4/c1-15-10-12-4-5-14(16-11-12)18-8-6-13(7-9-18)17(2)3/h4-5,11,13,15H,6-10H2,1-3H3. The van der Waals surface area contributed by atoms with E-state index in [-0.39, 0.29) is 0 Å². The minimum Gasteiger partial charge on any atom is -0.357 e. The lowest BCUT2D eigenvalue weighted by molar-refractivity contribution is 0.249. The van der Waals surface area contributed by atoms with Crippen LogP contribution >= 0.6 is 0 Å². The van der Waals surface area contributed by atoms with E-state index in [1.807, 2.05) is 13.2 Å². The first-order valence-corrected chi connectivity index (χ1v) is 6.71. The lowest BCUT2D eigenvalue weighted by Gasteiger charge is -2.35. The first kappa shape index (κ1) is 13.3. The SMILES string of the molecule is CNCc1ccc(N2CCC(N(C)C)CC2)nc1. The van der Waals surface area contributed by atoms with Gasteiger partial charge in [-0.25, -0.2) is 4.98 Å². The number of pyridine rings is 1. The summed E-state index contributed by atoms with van der Waals surface area (Å²) < 4.78 is 0. The summed E-state index contributed by atoms with van der Waals surface area (Å²) in [5.41, 5.74) is 1.24. The average Bonchev–Trinajstić information content (AvgIpc) is 2.40. The average molecular weight is 248 g/mol. The van der Waals surface area contributed by atoms with Crippen molar-refractivity contribution in [2.45, 2.75) is 25.4 Å². The molecule has 18 heavy (non-hydrogen) atoms. The van der Waals surface area contributed by atoms with E-state index in [0.717, 1.165) is 31.5 Å². The van der Waals surface area contributed by atoms with Crippen LogP contribution in [0.2, 0.25) is 0 Å². The second-order valence-corrected chi connectivity index (χ2v) is 5.24. The second-order valence-electron chi connectivity index (χ2n) is 5.24. The maximum Gasteiger partial charge on any atom is 0.128 e. The molecule has 0 amide bonds. The zero-order valence-corrected chi connectivity index (χ0v) is 11.7. The molecule has 0 aliphatic carbocycles. The van der Waals surface area contributed by atoms with E-state index < -0.39 is 0 Å². The molecule has 4 nitrogen and oxygen atoms in total. The van der Waals surface area contributed by atoms with E-state index in [9.17, 15) is 0 Å². The number of rotatable bonds is 4. The van der Waals surface area contributed by atoms with Gasteiger partial charge in [0.15, 0.2) is 0 Å². The van der Waals surface area contributed by atoms with Gasteiger partial charge in [-0.1, -0.05) is 6.07 Å². The molecule has 0 bridgehead atoms. The van der Waals surface area contributed by atoms with Gasteiger partial charge in [-0.3, -0.25) is 0 Å². The molecule has 0 radical (unpaired) electrons. The van der Waals surface area contributed by atoms with Crippen LogP contribution in [-0.2, 0) is 6.54 Å². The summed E-state index contributed by atoms with van der Waals surface area (Å²) in [6, 6.07) is 5.03. The van der Waals surface area contributed by atoms with Crippen molar-refractivity contribution in [1.82, 2.24) is 15.2 Å². The molecular weight excluding hydrogens is 224 g/mol. The van der Waals surface area contributed by atoms with Crippen molar-refractivity contribution in [2.24, 2.45) is 0 Å². The molecule has 1 aliphatic rings. The Morgan fingerprint density at radius 3 is 2.56 bits per heavy atom. The fourth-order valence-corrected chi connectivity index (χ4v) is 2.52. The molecule has 4 heteroatoms. The summed E-state index contributed by atoms with van der Waals surface area (Å²) >= 11 is 0. The van der Waals surface area contributed by atoms with E-state index in [4.69, 9.17) is 0 Å². The van der Waals surface area contributed by atoms with Crippen molar-refractivity contribution >= 4 is 5.82 Å². The fraction of sp³-hybridized carbons (Fsp3) is 0.643. The van der Waals surface area contributed by atoms with Gasteiger partial charge in [0.2, 0.25) is 0 Å². The van der Waals surface area contributed by atoms with Crippen LogP contribution in [0.3, 0.4) is 0 Å². The van der Waals surface area contributed by atoms with Crippen LogP contribution in [-0.4, -0.2) is 50.2 Å². The van der Waals surface area contributed by atoms with Gasteiger partial charge in [-0.2, -0.15) is 0 Å². The summed E-state index contributed by atoms with van der Waals surface area (Å²) in [7, 11) is 6.30. The predicted molar refractivity (Wildman–Crippen MR) is 75.9 cm³/mol. The van der Waals surface area contributed by atoms with Crippen LogP contribution in [0.25, 0.3) is 0 Å². The molecule has 2 heterocycles. The number of hydrogen-bond donors (Lipinski definition) is 1. The first-order valence-electron chi connectivity index (χ1n) is 6.71. The number of nitrogens with zero attached hydrogens (tertiary/aromatic N) is 3. The molecule has 1 aromatic rings. The van der Waals surface area contributed by atoms with Gasteiger partial charge >= 0.3 is 0 Å². The zero-order valence-electron chi connectivity index (χ0n) is 11.7. The molecule has 0 aromatic carbocycles. The number of piperidine rings is 1. The Balaban J connectivity index is 1.93. The van der Waals surface area contributed by atoms with Crippen molar-refractivity contribution in [1.29, 1.82) is 0 Å². The number of nitrogens with one attached hydrogen (secondary N) is 1. The highest BCUT2D eigenvalue weighted by Crippen LogP contribution is 2.19. The monoisotopic (exact) mass is 248 g/mol. The highest BCUT2D eigenvalue weighted by Gasteiger charge is 2.21. The highest BCUT2D eigenvalue weighted by molar-refractivity contribution is 5.39. The summed E-state index contributed by atoms with van der Waals surface area (Å²) in [6.07, 6.45) is 4.43. The minimum atomic E-state index is 0.727. The summed E-state index contributed by atoms with van der Waals surface area (Å²) in [6.45, 7) is 3.11. The molecule has 2 rings (SSSR count). The molecule has 1 fully saturated rings. The van der Waals surface area contributed by atoms with Crippen LogP contribution in [0.1, 0.15) is 18.4 Å². The molecule has 1 aromatic heterocycles. The number of aromatic nitrogens is 1. The molecule has 0 saturated carbocycles. The zero-order chi connectivity index (χ0) is 13.0. The lowest BCUT2D eigenvalue weighted by Crippen LogP contribution is -2.42. The Bertz CT molecular complexity index is 353. The van der Waals surface area contributed by atoms with Crippen molar-refractivity contribution < 1.29 is 0 Å². The van der Waals surface area contributed by atoms with Crippen LogP contribution in [0.4, 0.5) is 5.82 Å². The van der Waals surface area contributed by atoms with Crippen LogP contribution in [0.5, 0.6) is 0 Å². The third-order valence-electron chi connectivity index (χ3n) is 3.71. The third kappa shape index (κ3) is 3.21. The van der Waals surface area contributed by atoms with Gasteiger partial charge in [0.1, 0.15) is 5.82 Å². The van der Waals surface area contributed by atoms with Crippen molar-refractivity contribution in [3.63, 3.8) is 0 Å². The van der Waals surface area contributed by atoms with E-state index >= 15 is 0 Å². The Morgan fingerprint density at radius 2 is 2.06 bits per heavy atom. The summed E-state index contributed by atoms with van der Waals surface area (Å²) in [4.78, 5) is 9.29. The lowest BCUT2D eigenvalue weighted by atomic mass is 10.0. The van der Waals surface area contributed by atoms with Gasteiger partial charge in [0.05, 0.1) is 0 Å². The first-order chi connectivity index (χ1) is 8.70. The van der Waals surface area contributed by atoms with Gasteiger partial charge in [-0.15, -0.1) is 0 Å². The Morgan fingerprint density at radius 1 is 1.33 bits per heavy atom. The molecule has 0 unspecified atom stereocenters. The second kappa shape index (κ2) is 6.16. The van der Waals surface area contributed by atoms with Crippen molar-refractivity contribution in [3.8, 4) is 0 Å². The molecule has 1 saturated heterocycles. The Labute approximate surface area is 110 Å². The van der Waals surface area contributed by atoms with Gasteiger partial charge in [-0.05, 0) is 45.6 Å². The minimum absolute atomic E-state index is 0.727. The van der Waals surface area contributed by atoms with Gasteiger partial charge < -0.3 is 15.1 Å². The quantitative estimate of drug-likeness (QED) is 0.871. The van der Waals surface area contributed by atoms with Crippen LogP contribution in [0, 0.1) is 0 Å². The molecule has 0 atom stereocenters. The smallest absolute Gasteiger partial charge is 0.128 e. The van der Waals surface area contributed by atoms with Crippen LogP contribution in [0.15, 0.2) is 18.3 Å². The molecule has 0 spiro atoms. The Kier molecular flexibility index (Phi) is 4.55. The largest absolute Gasteiger partial charge is 0.357 e. The van der Waals surface area contributed by atoms with E-state index in [2.05, 4.69) is 46.3 Å². The topological polar surface area (TPSA) is 31.4 Å². The normalized spacial score (nSPS) is 17.4. The molecule has 1 aliphatic heterocycles. The molecule has 100 valence electrons. The van der Waals surface area contributed by atoms with E-state index in [1.54, 1.807) is 0 Å². The molecule has 1 N–H and O–H groups in total. The summed E-state index contributed by atoms with van der Waals surface area (Å²) in [5, 5.41) is 3.14. The molecular formula is C14H24N4. The van der Waals surface area contributed by atoms with Crippen LogP contribution < -0.4 is 10.2 Å². The summed E-state index contributed by atoms with van der Waals surface area (Å²) in [5.74, 6) is 1.12. The number of hydrogen-bond acceptors (Lipinski definition) is 4. The predicted octanol–water partition coefficient (Wildman–Crippen LogP) is 1.33. The maximum atomic E-state index is 4.56. The van der Waals surface area contributed by atoms with Crippen molar-refractivity contribution in [2.75, 3.05) is 39.1 Å². The maximum absolute atomic E-state index is 4.56. The highest BCUT2D eigenvalue weighted by atomic mass is 15.2. The van der Waals surface area contributed by atoms with Gasteiger partial charge in [0, 0.05) is 31.9 Å². The Hall–Kier alpha value is -1.13. The van der Waals surface area contributed by atoms with Gasteiger partial charge in [0.25, 0.3) is 0 Å². The third-order valence-corrected chi connectivity index (χ3v) is 3.71. The fourth-order valence-electron chi connectivity index (χ4n) is 2.52. The van der Waals surface area contributed by atoms with E-state index in [0.29, 0.717) is 0 Å².